The summed E-state index contributed by atoms with van der Waals surface area (Å²) in [5.41, 5.74) is -0.548. The number of H-pyrrole nitrogens is 1. The quantitative estimate of drug-likeness (QED) is 0.834. The summed E-state index contributed by atoms with van der Waals surface area (Å²) in [6, 6.07) is 0. The molecule has 0 atom stereocenters. The second kappa shape index (κ2) is 4.44. The Morgan fingerprint density at radius 3 is 2.56 bits per heavy atom. The maximum absolute atomic E-state index is 12.2. The molecule has 102 valence electrons. The van der Waals surface area contributed by atoms with Gasteiger partial charge in [0.1, 0.15) is 0 Å². The number of thiazole rings is 1. The van der Waals surface area contributed by atoms with E-state index in [0.717, 1.165) is 6.42 Å². The van der Waals surface area contributed by atoms with E-state index in [9.17, 15) is 18.3 Å². The minimum Gasteiger partial charge on any atom is -0.387 e. The lowest BCUT2D eigenvalue weighted by Crippen LogP contribution is -2.63. The van der Waals surface area contributed by atoms with Crippen LogP contribution in [0.3, 0.4) is 0 Å². The number of aromatic nitrogens is 1. The van der Waals surface area contributed by atoms with E-state index >= 15 is 0 Å². The number of sulfonamides is 1. The van der Waals surface area contributed by atoms with Crippen LogP contribution in [0.4, 0.5) is 0 Å². The van der Waals surface area contributed by atoms with Crippen molar-refractivity contribution >= 4 is 21.4 Å². The van der Waals surface area contributed by atoms with Crippen molar-refractivity contribution in [2.45, 2.75) is 36.5 Å². The van der Waals surface area contributed by atoms with Gasteiger partial charge in [0, 0.05) is 18.8 Å². The third kappa shape index (κ3) is 2.25. The van der Waals surface area contributed by atoms with Crippen molar-refractivity contribution in [3.05, 3.63) is 15.4 Å². The van der Waals surface area contributed by atoms with Gasteiger partial charge in [0.05, 0.1) is 5.60 Å². The lowest BCUT2D eigenvalue weighted by Gasteiger charge is -2.45. The van der Waals surface area contributed by atoms with Crippen molar-refractivity contribution in [3.63, 3.8) is 0 Å². The molecule has 2 N–H and O–H groups in total. The molecular weight excluding hydrogens is 276 g/mol. The number of aromatic amines is 1. The van der Waals surface area contributed by atoms with Gasteiger partial charge in [-0.05, 0) is 13.3 Å². The monoisotopic (exact) mass is 292 g/mol. The summed E-state index contributed by atoms with van der Waals surface area (Å²) in [7, 11) is -3.64. The van der Waals surface area contributed by atoms with Gasteiger partial charge < -0.3 is 10.1 Å². The van der Waals surface area contributed by atoms with Crippen LogP contribution in [0.1, 0.15) is 25.5 Å². The fraction of sp³-hybridized carbons (Fsp3) is 0.700. The smallest absolute Gasteiger partial charge is 0.305 e. The van der Waals surface area contributed by atoms with E-state index in [1.807, 2.05) is 6.92 Å². The van der Waals surface area contributed by atoms with Gasteiger partial charge in [-0.15, -0.1) is 0 Å². The van der Waals surface area contributed by atoms with Gasteiger partial charge >= 0.3 is 4.87 Å². The van der Waals surface area contributed by atoms with Crippen molar-refractivity contribution in [2.75, 3.05) is 13.1 Å². The molecule has 0 unspecified atom stereocenters. The molecule has 8 heteroatoms. The summed E-state index contributed by atoms with van der Waals surface area (Å²) < 4.78 is 25.7. The fourth-order valence-corrected chi connectivity index (χ4v) is 5.19. The van der Waals surface area contributed by atoms with Crippen molar-refractivity contribution < 1.29 is 13.5 Å². The highest BCUT2D eigenvalue weighted by molar-refractivity contribution is 7.91. The Morgan fingerprint density at radius 2 is 2.11 bits per heavy atom. The third-order valence-electron chi connectivity index (χ3n) is 3.01. The Hall–Kier alpha value is -0.700. The van der Waals surface area contributed by atoms with Crippen LogP contribution in [0.2, 0.25) is 0 Å². The topological polar surface area (TPSA) is 90.5 Å². The Kier molecular flexibility index (Phi) is 3.39. The van der Waals surface area contributed by atoms with Crippen LogP contribution >= 0.6 is 11.3 Å². The number of hydrogen-bond acceptors (Lipinski definition) is 5. The zero-order valence-electron chi connectivity index (χ0n) is 10.3. The van der Waals surface area contributed by atoms with E-state index < -0.39 is 15.6 Å². The van der Waals surface area contributed by atoms with E-state index in [-0.39, 0.29) is 22.2 Å². The normalized spacial score (nSPS) is 19.7. The molecule has 0 aromatic carbocycles. The van der Waals surface area contributed by atoms with Gasteiger partial charge in [-0.25, -0.2) is 8.42 Å². The molecule has 6 nitrogen and oxygen atoms in total. The number of nitrogens with zero attached hydrogens (tertiary/aromatic N) is 1. The largest absolute Gasteiger partial charge is 0.387 e. The van der Waals surface area contributed by atoms with Gasteiger partial charge in [-0.2, -0.15) is 4.31 Å². The van der Waals surface area contributed by atoms with E-state index in [0.29, 0.717) is 23.5 Å². The molecular formula is C10H16N2O4S2. The van der Waals surface area contributed by atoms with Crippen LogP contribution in [-0.2, 0) is 10.0 Å². The van der Waals surface area contributed by atoms with E-state index in [4.69, 9.17) is 0 Å². The van der Waals surface area contributed by atoms with Gasteiger partial charge in [-0.3, -0.25) is 4.79 Å². The van der Waals surface area contributed by atoms with Crippen LogP contribution in [0, 0.1) is 6.92 Å². The summed E-state index contributed by atoms with van der Waals surface area (Å²) >= 11 is 0.690. The number of β-amino-alcohol motifs (C(OH)–C–C–N with tert-alkyl or cyclic N) is 1. The Balaban J connectivity index is 2.21. The molecule has 18 heavy (non-hydrogen) atoms. The SMILES string of the molecule is CCCC1(O)CN(S(=O)(=O)c2sc(=O)[nH]c2C)C1. The third-order valence-corrected chi connectivity index (χ3v) is 6.39. The highest BCUT2D eigenvalue weighted by Gasteiger charge is 2.47. The van der Waals surface area contributed by atoms with E-state index in [1.54, 1.807) is 6.92 Å². The summed E-state index contributed by atoms with van der Waals surface area (Å²) in [6.45, 7) is 3.71. The van der Waals surface area contributed by atoms with Crippen molar-refractivity contribution in [1.82, 2.24) is 9.29 Å². The fourth-order valence-electron chi connectivity index (χ4n) is 2.16. The second-order valence-corrected chi connectivity index (χ2v) is 7.79. The maximum atomic E-state index is 12.2. The molecule has 0 aliphatic carbocycles. The Bertz CT molecular complexity index is 596. The van der Waals surface area contributed by atoms with Gasteiger partial charge in [0.15, 0.2) is 4.21 Å². The Labute approximate surface area is 109 Å². The summed E-state index contributed by atoms with van der Waals surface area (Å²) in [6.07, 6.45) is 1.39. The van der Waals surface area contributed by atoms with E-state index in [2.05, 4.69) is 4.98 Å². The number of rotatable bonds is 4. The zero-order chi connectivity index (χ0) is 13.6. The first-order chi connectivity index (χ1) is 8.28. The molecule has 0 saturated carbocycles. The molecule has 1 aromatic heterocycles. The second-order valence-electron chi connectivity index (χ2n) is 4.67. The van der Waals surface area contributed by atoms with Crippen molar-refractivity contribution in [1.29, 1.82) is 0 Å². The van der Waals surface area contributed by atoms with Crippen LogP contribution in [0.5, 0.6) is 0 Å². The number of hydrogen-bond donors (Lipinski definition) is 2. The molecule has 1 aliphatic rings. The first-order valence-corrected chi connectivity index (χ1v) is 7.96. The molecule has 2 rings (SSSR count). The van der Waals surface area contributed by atoms with Crippen LogP contribution in [0.15, 0.2) is 9.00 Å². The summed E-state index contributed by atoms with van der Waals surface area (Å²) in [5, 5.41) is 9.99. The zero-order valence-corrected chi connectivity index (χ0v) is 11.9. The predicted molar refractivity (Wildman–Crippen MR) is 68.3 cm³/mol. The van der Waals surface area contributed by atoms with Gasteiger partial charge in [-0.1, -0.05) is 24.7 Å². The molecule has 1 aromatic rings. The lowest BCUT2D eigenvalue weighted by atomic mass is 9.92. The first-order valence-electron chi connectivity index (χ1n) is 5.71. The van der Waals surface area contributed by atoms with Crippen molar-refractivity contribution in [3.8, 4) is 0 Å². The average Bonchev–Trinajstić information content (AvgIpc) is 2.55. The maximum Gasteiger partial charge on any atom is 0.305 e. The number of aliphatic hydroxyl groups is 1. The lowest BCUT2D eigenvalue weighted by molar-refractivity contribution is -0.0652. The first kappa shape index (κ1) is 13.7. The highest BCUT2D eigenvalue weighted by Crippen LogP contribution is 2.32. The minimum absolute atomic E-state index is 0.0473. The van der Waals surface area contributed by atoms with Crippen LogP contribution < -0.4 is 4.87 Å². The predicted octanol–water partition coefficient (Wildman–Crippen LogP) is 0.280. The number of aryl methyl sites for hydroxylation is 1. The molecule has 2 heterocycles. The number of nitrogens with one attached hydrogen (secondary N) is 1. The Morgan fingerprint density at radius 1 is 1.50 bits per heavy atom. The van der Waals surface area contributed by atoms with Crippen LogP contribution in [0.25, 0.3) is 0 Å². The van der Waals surface area contributed by atoms with Gasteiger partial charge in [0.25, 0.3) is 10.0 Å². The summed E-state index contributed by atoms with van der Waals surface area (Å²) in [4.78, 5) is 13.2. The van der Waals surface area contributed by atoms with Crippen molar-refractivity contribution in [2.24, 2.45) is 0 Å². The van der Waals surface area contributed by atoms with Gasteiger partial charge in [0.2, 0.25) is 0 Å². The minimum atomic E-state index is -3.64. The van der Waals surface area contributed by atoms with E-state index in [1.165, 1.54) is 4.31 Å². The molecule has 0 radical (unpaired) electrons. The summed E-state index contributed by atoms with van der Waals surface area (Å²) in [5.74, 6) is 0. The van der Waals surface area contributed by atoms with Crippen LogP contribution in [-0.4, -0.2) is 41.5 Å². The molecule has 1 saturated heterocycles. The standard InChI is InChI=1S/C10H16N2O4S2/c1-3-4-10(14)5-12(6-10)18(15,16)8-7(2)11-9(13)17-8/h14H,3-6H2,1-2H3,(H,11,13). The molecule has 0 bridgehead atoms. The average molecular weight is 292 g/mol. The molecule has 1 fully saturated rings. The molecule has 0 spiro atoms. The molecule has 1 aliphatic heterocycles. The highest BCUT2D eigenvalue weighted by atomic mass is 32.2. The molecule has 0 amide bonds.